The number of benzene rings is 1. The summed E-state index contributed by atoms with van der Waals surface area (Å²) in [6.45, 7) is 4.08. The SMILES string of the molecule is CN=C(NCCCOCc1ccc(OC)cc1)NCCCOCc1ccco1.I. The van der Waals surface area contributed by atoms with Crippen molar-refractivity contribution in [2.75, 3.05) is 40.5 Å². The van der Waals surface area contributed by atoms with Crippen LogP contribution in [0.2, 0.25) is 0 Å². The Bertz CT molecular complexity index is 663. The number of hydrogen-bond donors (Lipinski definition) is 2. The molecule has 7 nitrogen and oxygen atoms in total. The lowest BCUT2D eigenvalue weighted by Gasteiger charge is -2.12. The van der Waals surface area contributed by atoms with E-state index < -0.39 is 0 Å². The Morgan fingerprint density at radius 1 is 0.966 bits per heavy atom. The number of aliphatic imine (C=N–C) groups is 1. The minimum absolute atomic E-state index is 0. The minimum atomic E-state index is 0. The Kier molecular flexibility index (Phi) is 14.0. The summed E-state index contributed by atoms with van der Waals surface area (Å²) < 4.78 is 21.6. The van der Waals surface area contributed by atoms with Crippen LogP contribution in [0.4, 0.5) is 0 Å². The summed E-state index contributed by atoms with van der Waals surface area (Å²) in [5.41, 5.74) is 1.14. The van der Waals surface area contributed by atoms with E-state index >= 15 is 0 Å². The van der Waals surface area contributed by atoms with Gasteiger partial charge in [0.1, 0.15) is 18.1 Å². The van der Waals surface area contributed by atoms with Gasteiger partial charge in [0, 0.05) is 33.4 Å². The van der Waals surface area contributed by atoms with Gasteiger partial charge in [-0.2, -0.15) is 0 Å². The van der Waals surface area contributed by atoms with Crippen LogP contribution in [0, 0.1) is 0 Å². The molecule has 2 aromatic rings. The number of halogens is 1. The van der Waals surface area contributed by atoms with Gasteiger partial charge in [-0.05, 0) is 42.7 Å². The summed E-state index contributed by atoms with van der Waals surface area (Å²) in [7, 11) is 3.43. The minimum Gasteiger partial charge on any atom is -0.497 e. The molecule has 0 amide bonds. The molecule has 2 N–H and O–H groups in total. The van der Waals surface area contributed by atoms with Gasteiger partial charge in [-0.1, -0.05) is 12.1 Å². The van der Waals surface area contributed by atoms with E-state index in [4.69, 9.17) is 18.6 Å². The molecule has 0 saturated heterocycles. The van der Waals surface area contributed by atoms with Crippen LogP contribution in [0.15, 0.2) is 52.1 Å². The highest BCUT2D eigenvalue weighted by molar-refractivity contribution is 14.0. The molecular weight excluding hydrogens is 485 g/mol. The van der Waals surface area contributed by atoms with E-state index in [1.54, 1.807) is 20.4 Å². The molecule has 162 valence electrons. The highest BCUT2D eigenvalue weighted by Gasteiger charge is 1.99. The van der Waals surface area contributed by atoms with E-state index in [1.807, 2.05) is 36.4 Å². The van der Waals surface area contributed by atoms with Crippen molar-refractivity contribution in [3.05, 3.63) is 54.0 Å². The van der Waals surface area contributed by atoms with Crippen molar-refractivity contribution in [1.29, 1.82) is 0 Å². The van der Waals surface area contributed by atoms with Gasteiger partial charge in [-0.25, -0.2) is 0 Å². The van der Waals surface area contributed by atoms with Crippen LogP contribution >= 0.6 is 24.0 Å². The van der Waals surface area contributed by atoms with Gasteiger partial charge in [0.2, 0.25) is 0 Å². The standard InChI is InChI=1S/C21H31N3O4.HI/c1-22-21(24-12-5-14-27-17-20-6-3-15-28-20)23-11-4-13-26-16-18-7-9-19(25-2)10-8-18;/h3,6-10,15H,4-5,11-14,16-17H2,1-2H3,(H2,22,23,24);1H. The van der Waals surface area contributed by atoms with Crippen LogP contribution in [0.25, 0.3) is 0 Å². The Morgan fingerprint density at radius 3 is 2.17 bits per heavy atom. The van der Waals surface area contributed by atoms with Crippen molar-refractivity contribution in [2.45, 2.75) is 26.1 Å². The molecule has 0 bridgehead atoms. The first-order valence-electron chi connectivity index (χ1n) is 9.57. The molecule has 0 aliphatic heterocycles. The van der Waals surface area contributed by atoms with Crippen LogP contribution in [-0.2, 0) is 22.7 Å². The molecule has 0 spiro atoms. The van der Waals surface area contributed by atoms with Gasteiger partial charge in [0.25, 0.3) is 0 Å². The lowest BCUT2D eigenvalue weighted by Crippen LogP contribution is -2.38. The first-order chi connectivity index (χ1) is 13.8. The largest absolute Gasteiger partial charge is 0.497 e. The van der Waals surface area contributed by atoms with Crippen molar-refractivity contribution >= 4 is 29.9 Å². The molecule has 1 aromatic carbocycles. The monoisotopic (exact) mass is 517 g/mol. The molecule has 1 heterocycles. The number of guanidine groups is 1. The fourth-order valence-corrected chi connectivity index (χ4v) is 2.46. The molecule has 0 fully saturated rings. The van der Waals surface area contributed by atoms with Gasteiger partial charge in [0.05, 0.1) is 20.0 Å². The van der Waals surface area contributed by atoms with Crippen molar-refractivity contribution in [3.8, 4) is 5.75 Å². The Hall–Kier alpha value is -1.78. The number of hydrogen-bond acceptors (Lipinski definition) is 5. The summed E-state index contributed by atoms with van der Waals surface area (Å²) in [6.07, 6.45) is 3.45. The van der Waals surface area contributed by atoms with Crippen LogP contribution in [0.3, 0.4) is 0 Å². The van der Waals surface area contributed by atoms with Crippen LogP contribution in [0.5, 0.6) is 5.75 Å². The third kappa shape index (κ3) is 11.1. The number of ether oxygens (including phenoxy) is 3. The number of rotatable bonds is 13. The van der Waals surface area contributed by atoms with E-state index in [0.29, 0.717) is 26.4 Å². The summed E-state index contributed by atoms with van der Waals surface area (Å²) >= 11 is 0. The highest BCUT2D eigenvalue weighted by Crippen LogP contribution is 2.11. The predicted molar refractivity (Wildman–Crippen MR) is 125 cm³/mol. The van der Waals surface area contributed by atoms with E-state index in [2.05, 4.69) is 15.6 Å². The van der Waals surface area contributed by atoms with Gasteiger partial charge in [-0.3, -0.25) is 4.99 Å². The predicted octanol–water partition coefficient (Wildman–Crippen LogP) is 3.58. The quantitative estimate of drug-likeness (QED) is 0.183. The maximum absolute atomic E-state index is 5.70. The van der Waals surface area contributed by atoms with Crippen molar-refractivity contribution in [1.82, 2.24) is 10.6 Å². The zero-order chi connectivity index (χ0) is 19.9. The molecule has 29 heavy (non-hydrogen) atoms. The number of furan rings is 1. The third-order valence-corrected chi connectivity index (χ3v) is 3.99. The molecule has 1 aromatic heterocycles. The van der Waals surface area contributed by atoms with Gasteiger partial charge in [-0.15, -0.1) is 24.0 Å². The Balaban J connectivity index is 0.00000420. The van der Waals surface area contributed by atoms with E-state index in [0.717, 1.165) is 49.0 Å². The Labute approximate surface area is 190 Å². The number of nitrogens with one attached hydrogen (secondary N) is 2. The average Bonchev–Trinajstić information content (AvgIpc) is 3.25. The molecule has 0 radical (unpaired) electrons. The zero-order valence-electron chi connectivity index (χ0n) is 17.2. The van der Waals surface area contributed by atoms with Gasteiger partial charge >= 0.3 is 0 Å². The second-order valence-electron chi connectivity index (χ2n) is 6.17. The van der Waals surface area contributed by atoms with Crippen LogP contribution in [0.1, 0.15) is 24.2 Å². The molecule has 0 saturated carbocycles. The van der Waals surface area contributed by atoms with E-state index in [9.17, 15) is 0 Å². The fourth-order valence-electron chi connectivity index (χ4n) is 2.46. The van der Waals surface area contributed by atoms with E-state index in [-0.39, 0.29) is 24.0 Å². The molecule has 0 aliphatic rings. The summed E-state index contributed by atoms with van der Waals surface area (Å²) in [5, 5.41) is 6.56. The van der Waals surface area contributed by atoms with Crippen molar-refractivity contribution in [2.24, 2.45) is 4.99 Å². The van der Waals surface area contributed by atoms with Crippen LogP contribution in [-0.4, -0.2) is 46.4 Å². The summed E-state index contributed by atoms with van der Waals surface area (Å²) in [6, 6.07) is 11.7. The second-order valence-corrected chi connectivity index (χ2v) is 6.17. The summed E-state index contributed by atoms with van der Waals surface area (Å²) in [4.78, 5) is 4.21. The average molecular weight is 517 g/mol. The lowest BCUT2D eigenvalue weighted by molar-refractivity contribution is 0.105. The third-order valence-electron chi connectivity index (χ3n) is 3.99. The van der Waals surface area contributed by atoms with Gasteiger partial charge < -0.3 is 29.3 Å². The number of nitrogens with zero attached hydrogens (tertiary/aromatic N) is 1. The maximum Gasteiger partial charge on any atom is 0.190 e. The highest BCUT2D eigenvalue weighted by atomic mass is 127. The molecular formula is C21H32IN3O4. The molecule has 0 aliphatic carbocycles. The maximum atomic E-state index is 5.70. The second kappa shape index (κ2) is 16.1. The molecule has 0 atom stereocenters. The topological polar surface area (TPSA) is 77.3 Å². The Morgan fingerprint density at radius 2 is 1.62 bits per heavy atom. The smallest absolute Gasteiger partial charge is 0.190 e. The number of methoxy groups -OCH3 is 1. The molecule has 2 rings (SSSR count). The lowest BCUT2D eigenvalue weighted by atomic mass is 10.2. The molecule has 0 unspecified atom stereocenters. The van der Waals surface area contributed by atoms with Crippen molar-refractivity contribution in [3.63, 3.8) is 0 Å². The van der Waals surface area contributed by atoms with Crippen molar-refractivity contribution < 1.29 is 18.6 Å². The zero-order valence-corrected chi connectivity index (χ0v) is 19.5. The summed E-state index contributed by atoms with van der Waals surface area (Å²) in [5.74, 6) is 2.50. The fraction of sp³-hybridized carbons (Fsp3) is 0.476. The van der Waals surface area contributed by atoms with E-state index in [1.165, 1.54) is 0 Å². The van der Waals surface area contributed by atoms with Crippen LogP contribution < -0.4 is 15.4 Å². The first-order valence-corrected chi connectivity index (χ1v) is 9.57. The molecule has 8 heteroatoms. The first kappa shape index (κ1) is 25.3. The van der Waals surface area contributed by atoms with Gasteiger partial charge in [0.15, 0.2) is 5.96 Å². The normalized spacial score (nSPS) is 11.0.